The molecule has 0 aliphatic heterocycles. The zero-order valence-corrected chi connectivity index (χ0v) is 8.69. The first-order valence-electron chi connectivity index (χ1n) is 4.68. The maximum Gasteiger partial charge on any atom is 0.200 e. The molecule has 0 atom stereocenters. The van der Waals surface area contributed by atoms with Gasteiger partial charge < -0.3 is 15.3 Å². The Kier molecular flexibility index (Phi) is 3.19. The van der Waals surface area contributed by atoms with Gasteiger partial charge in [-0.1, -0.05) is 13.8 Å². The summed E-state index contributed by atoms with van der Waals surface area (Å²) in [5.74, 6) is -1.47. The molecule has 0 heterocycles. The number of hydrogen-bond acceptors (Lipinski definition) is 4. The molecule has 0 spiro atoms. The van der Waals surface area contributed by atoms with E-state index >= 15 is 0 Å². The van der Waals surface area contributed by atoms with Crippen LogP contribution in [0.3, 0.4) is 0 Å². The SMILES string of the molecule is CC(C)C(=O)Cc1cc(O)c(O)c(O)c1. The van der Waals surface area contributed by atoms with Crippen LogP contribution in [-0.4, -0.2) is 21.1 Å². The predicted octanol–water partition coefficient (Wildman–Crippen LogP) is 1.57. The third-order valence-electron chi connectivity index (χ3n) is 2.15. The van der Waals surface area contributed by atoms with Crippen molar-refractivity contribution in [1.82, 2.24) is 0 Å². The highest BCUT2D eigenvalue weighted by atomic mass is 16.3. The lowest BCUT2D eigenvalue weighted by molar-refractivity contribution is -0.121. The van der Waals surface area contributed by atoms with Crippen LogP contribution in [0.25, 0.3) is 0 Å². The van der Waals surface area contributed by atoms with Gasteiger partial charge in [-0.3, -0.25) is 4.79 Å². The van der Waals surface area contributed by atoms with Crippen molar-refractivity contribution in [2.45, 2.75) is 20.3 Å². The molecule has 0 saturated heterocycles. The average Bonchev–Trinajstić information content (AvgIpc) is 2.13. The number of rotatable bonds is 3. The number of phenols is 3. The number of benzene rings is 1. The Hall–Kier alpha value is -1.71. The van der Waals surface area contributed by atoms with E-state index in [1.807, 2.05) is 0 Å². The molecule has 0 radical (unpaired) electrons. The first kappa shape index (κ1) is 11.4. The summed E-state index contributed by atoms with van der Waals surface area (Å²) in [5.41, 5.74) is 0.488. The van der Waals surface area contributed by atoms with Crippen LogP contribution < -0.4 is 0 Å². The van der Waals surface area contributed by atoms with Gasteiger partial charge in [0.2, 0.25) is 0 Å². The van der Waals surface area contributed by atoms with Gasteiger partial charge in [0.1, 0.15) is 5.78 Å². The summed E-state index contributed by atoms with van der Waals surface area (Å²) in [6, 6.07) is 2.55. The van der Waals surface area contributed by atoms with Crippen molar-refractivity contribution in [2.24, 2.45) is 5.92 Å². The van der Waals surface area contributed by atoms with Crippen molar-refractivity contribution in [2.75, 3.05) is 0 Å². The Labute approximate surface area is 87.8 Å². The largest absolute Gasteiger partial charge is 0.504 e. The summed E-state index contributed by atoms with van der Waals surface area (Å²) in [6.07, 6.45) is 0.138. The Morgan fingerprint density at radius 2 is 1.67 bits per heavy atom. The van der Waals surface area contributed by atoms with Crippen LogP contribution in [0.4, 0.5) is 0 Å². The smallest absolute Gasteiger partial charge is 0.200 e. The van der Waals surface area contributed by atoms with E-state index in [1.54, 1.807) is 13.8 Å². The molecule has 0 aliphatic rings. The average molecular weight is 210 g/mol. The van der Waals surface area contributed by atoms with Crippen molar-refractivity contribution < 1.29 is 20.1 Å². The van der Waals surface area contributed by atoms with E-state index in [2.05, 4.69) is 0 Å². The highest BCUT2D eigenvalue weighted by molar-refractivity contribution is 5.83. The topological polar surface area (TPSA) is 77.8 Å². The lowest BCUT2D eigenvalue weighted by atomic mass is 10.0. The molecule has 1 aromatic rings. The summed E-state index contributed by atoms with van der Waals surface area (Å²) in [5, 5.41) is 27.5. The van der Waals surface area contributed by atoms with Crippen molar-refractivity contribution in [3.05, 3.63) is 17.7 Å². The number of phenolic OH excluding ortho intramolecular Hbond substituents is 3. The van der Waals surface area contributed by atoms with Crippen LogP contribution in [0.5, 0.6) is 17.2 Å². The molecule has 1 rings (SSSR count). The number of aromatic hydroxyl groups is 3. The maximum atomic E-state index is 11.4. The lowest BCUT2D eigenvalue weighted by Crippen LogP contribution is -2.09. The number of carbonyl (C=O) groups excluding carboxylic acids is 1. The van der Waals surface area contributed by atoms with Gasteiger partial charge in [0.05, 0.1) is 0 Å². The number of hydrogen-bond donors (Lipinski definition) is 3. The number of Topliss-reactive ketones (excluding diaryl/α,β-unsaturated/α-hetero) is 1. The minimum atomic E-state index is -0.559. The Bertz CT molecular complexity index is 359. The monoisotopic (exact) mass is 210 g/mol. The molecule has 0 bridgehead atoms. The fourth-order valence-corrected chi connectivity index (χ4v) is 1.17. The minimum Gasteiger partial charge on any atom is -0.504 e. The van der Waals surface area contributed by atoms with Crippen LogP contribution in [0.15, 0.2) is 12.1 Å². The highest BCUT2D eigenvalue weighted by Gasteiger charge is 2.12. The van der Waals surface area contributed by atoms with Gasteiger partial charge in [0, 0.05) is 12.3 Å². The van der Waals surface area contributed by atoms with E-state index in [-0.39, 0.29) is 18.1 Å². The molecular weight excluding hydrogens is 196 g/mol. The van der Waals surface area contributed by atoms with E-state index < -0.39 is 17.2 Å². The molecule has 0 amide bonds. The molecule has 4 heteroatoms. The summed E-state index contributed by atoms with van der Waals surface area (Å²) >= 11 is 0. The van der Waals surface area contributed by atoms with Crippen LogP contribution in [-0.2, 0) is 11.2 Å². The van der Waals surface area contributed by atoms with E-state index in [0.717, 1.165) is 0 Å². The molecule has 15 heavy (non-hydrogen) atoms. The second-order valence-corrected chi connectivity index (χ2v) is 3.78. The van der Waals surface area contributed by atoms with Crippen molar-refractivity contribution >= 4 is 5.78 Å². The standard InChI is InChI=1S/C11H14O4/c1-6(2)8(12)3-7-4-9(13)11(15)10(14)5-7/h4-6,13-15H,3H2,1-2H3. The van der Waals surface area contributed by atoms with Crippen molar-refractivity contribution in [3.63, 3.8) is 0 Å². The summed E-state index contributed by atoms with van der Waals surface area (Å²) in [7, 11) is 0. The van der Waals surface area contributed by atoms with Gasteiger partial charge in [0.15, 0.2) is 17.2 Å². The fraction of sp³-hybridized carbons (Fsp3) is 0.364. The van der Waals surface area contributed by atoms with E-state index in [9.17, 15) is 15.0 Å². The normalized spacial score (nSPS) is 10.6. The molecule has 0 unspecified atom stereocenters. The first-order chi connectivity index (χ1) is 6.91. The summed E-state index contributed by atoms with van der Waals surface area (Å²) in [4.78, 5) is 11.4. The maximum absolute atomic E-state index is 11.4. The van der Waals surface area contributed by atoms with Crippen LogP contribution in [0.2, 0.25) is 0 Å². The van der Waals surface area contributed by atoms with E-state index in [1.165, 1.54) is 12.1 Å². The molecule has 0 fully saturated rings. The molecule has 82 valence electrons. The Morgan fingerprint density at radius 1 is 1.20 bits per heavy atom. The van der Waals surface area contributed by atoms with Crippen molar-refractivity contribution in [1.29, 1.82) is 0 Å². The predicted molar refractivity (Wildman–Crippen MR) is 55.0 cm³/mol. The Balaban J connectivity index is 2.93. The van der Waals surface area contributed by atoms with Gasteiger partial charge >= 0.3 is 0 Å². The highest BCUT2D eigenvalue weighted by Crippen LogP contribution is 2.35. The fourth-order valence-electron chi connectivity index (χ4n) is 1.17. The molecule has 4 nitrogen and oxygen atoms in total. The van der Waals surface area contributed by atoms with Gasteiger partial charge in [-0.25, -0.2) is 0 Å². The Morgan fingerprint density at radius 3 is 2.07 bits per heavy atom. The molecule has 0 saturated carbocycles. The summed E-state index contributed by atoms with van der Waals surface area (Å²) < 4.78 is 0. The van der Waals surface area contributed by atoms with Gasteiger partial charge in [-0.15, -0.1) is 0 Å². The minimum absolute atomic E-state index is 0.0134. The third-order valence-corrected chi connectivity index (χ3v) is 2.15. The molecule has 0 aromatic heterocycles. The molecular formula is C11H14O4. The zero-order valence-electron chi connectivity index (χ0n) is 8.69. The number of carbonyl (C=O) groups is 1. The van der Waals surface area contributed by atoms with Crippen LogP contribution in [0.1, 0.15) is 19.4 Å². The van der Waals surface area contributed by atoms with E-state index in [4.69, 9.17) is 5.11 Å². The third kappa shape index (κ3) is 2.62. The number of ketones is 1. The van der Waals surface area contributed by atoms with Crippen LogP contribution >= 0.6 is 0 Å². The molecule has 3 N–H and O–H groups in total. The van der Waals surface area contributed by atoms with E-state index in [0.29, 0.717) is 5.56 Å². The van der Waals surface area contributed by atoms with Gasteiger partial charge in [-0.05, 0) is 17.7 Å². The van der Waals surface area contributed by atoms with Gasteiger partial charge in [0.25, 0.3) is 0 Å². The van der Waals surface area contributed by atoms with Gasteiger partial charge in [-0.2, -0.15) is 0 Å². The molecule has 1 aromatic carbocycles. The quantitative estimate of drug-likeness (QED) is 0.662. The first-order valence-corrected chi connectivity index (χ1v) is 4.68. The molecule has 0 aliphatic carbocycles. The second kappa shape index (κ2) is 4.21. The summed E-state index contributed by atoms with van der Waals surface area (Å²) in [6.45, 7) is 3.56. The second-order valence-electron chi connectivity index (χ2n) is 3.78. The lowest BCUT2D eigenvalue weighted by Gasteiger charge is -2.07. The van der Waals surface area contributed by atoms with Crippen LogP contribution in [0, 0.1) is 5.92 Å². The van der Waals surface area contributed by atoms with Crippen molar-refractivity contribution in [3.8, 4) is 17.2 Å². The zero-order chi connectivity index (χ0) is 11.6.